The van der Waals surface area contributed by atoms with E-state index < -0.39 is 97.5 Å². The Balaban J connectivity index is 5.28. The molecule has 0 radical (unpaired) electrons. The van der Waals surface area contributed by atoms with Gasteiger partial charge in [0, 0.05) is 25.7 Å². The molecule has 0 aliphatic rings. The number of hydrogen-bond donors (Lipinski definition) is 3. The maximum absolute atomic E-state index is 13.1. The van der Waals surface area contributed by atoms with Gasteiger partial charge in [-0.1, -0.05) is 297 Å². The summed E-state index contributed by atoms with van der Waals surface area (Å²) in [5.41, 5.74) is 0. The fourth-order valence-electron chi connectivity index (χ4n) is 10.5. The highest BCUT2D eigenvalue weighted by atomic mass is 31.2. The van der Waals surface area contributed by atoms with E-state index in [9.17, 15) is 43.2 Å². The second-order valence-electron chi connectivity index (χ2n) is 26.1. The summed E-state index contributed by atoms with van der Waals surface area (Å²) in [7, 11) is -9.92. The highest BCUT2D eigenvalue weighted by Gasteiger charge is 2.30. The van der Waals surface area contributed by atoms with E-state index in [-0.39, 0.29) is 25.7 Å². The standard InChI is InChI=1S/C73H138O17P2/c1-7-11-13-15-17-19-21-23-25-26-28-30-32-34-36-45-51-57-72(77)89-68(61-83-70(75)55-49-43-35-33-31-29-27-24-22-20-18-16-14-12-8-2)63-87-91(79,80)85-59-67(74)60-86-92(81,82)88-64-69(90-73(78)58-52-46-40-38-42-48-54-66(6)10-4)62-84-71(76)56-50-44-39-37-41-47-53-65(5)9-3/h20,22,24,27,65-69,74H,7-19,21,23,25-26,28-64H2,1-6H3,(H,79,80)(H,81,82)/b22-20-,27-24-/t65?,66?,67-,68-,69-/m1/s1. The van der Waals surface area contributed by atoms with Crippen LogP contribution in [0.5, 0.6) is 0 Å². The molecule has 7 atom stereocenters. The third-order valence-corrected chi connectivity index (χ3v) is 19.0. The van der Waals surface area contributed by atoms with Crippen molar-refractivity contribution in [3.8, 4) is 0 Å². The molecule has 0 aromatic rings. The van der Waals surface area contributed by atoms with Crippen molar-refractivity contribution in [2.45, 2.75) is 368 Å². The third kappa shape index (κ3) is 63.6. The van der Waals surface area contributed by atoms with Gasteiger partial charge in [0.1, 0.15) is 19.3 Å². The lowest BCUT2D eigenvalue weighted by Crippen LogP contribution is -2.30. The Morgan fingerprint density at radius 2 is 0.609 bits per heavy atom. The summed E-state index contributed by atoms with van der Waals surface area (Å²) in [5.74, 6) is -0.707. The molecule has 0 heterocycles. The lowest BCUT2D eigenvalue weighted by atomic mass is 10.00. The molecule has 0 aromatic heterocycles. The lowest BCUT2D eigenvalue weighted by molar-refractivity contribution is -0.161. The van der Waals surface area contributed by atoms with E-state index in [1.54, 1.807) is 0 Å². The van der Waals surface area contributed by atoms with E-state index in [1.807, 2.05) is 0 Å². The molecule has 0 bridgehead atoms. The molecule has 0 amide bonds. The number of carbonyl (C=O) groups is 4. The van der Waals surface area contributed by atoms with Crippen LogP contribution in [0.15, 0.2) is 24.3 Å². The predicted octanol–water partition coefficient (Wildman–Crippen LogP) is 20.7. The molecule has 0 saturated carbocycles. The van der Waals surface area contributed by atoms with Crippen LogP contribution in [0.2, 0.25) is 0 Å². The zero-order valence-electron chi connectivity index (χ0n) is 59.3. The highest BCUT2D eigenvalue weighted by molar-refractivity contribution is 7.47. The van der Waals surface area contributed by atoms with Gasteiger partial charge in [-0.2, -0.15) is 0 Å². The summed E-state index contributed by atoms with van der Waals surface area (Å²) >= 11 is 0. The molecule has 92 heavy (non-hydrogen) atoms. The molecule has 17 nitrogen and oxygen atoms in total. The topological polar surface area (TPSA) is 237 Å². The van der Waals surface area contributed by atoms with Crippen LogP contribution in [-0.2, 0) is 65.4 Å². The zero-order valence-corrected chi connectivity index (χ0v) is 61.1. The molecular weight excluding hydrogens is 1210 g/mol. The largest absolute Gasteiger partial charge is 0.472 e. The second kappa shape index (κ2) is 64.5. The number of aliphatic hydroxyl groups excluding tert-OH is 1. The summed E-state index contributed by atoms with van der Waals surface area (Å²) in [6.07, 6.45) is 53.6. The first-order valence-electron chi connectivity index (χ1n) is 37.4. The highest BCUT2D eigenvalue weighted by Crippen LogP contribution is 2.45. The molecule has 0 fully saturated rings. The normalized spacial score (nSPS) is 14.8. The number of aliphatic hydroxyl groups is 1. The van der Waals surface area contributed by atoms with Gasteiger partial charge < -0.3 is 33.8 Å². The maximum Gasteiger partial charge on any atom is 0.472 e. The molecular formula is C73H138O17P2. The third-order valence-electron chi connectivity index (χ3n) is 17.1. The number of allylic oxidation sites excluding steroid dienone is 4. The van der Waals surface area contributed by atoms with E-state index in [2.05, 4.69) is 65.8 Å². The number of phosphoric acid groups is 2. The molecule has 3 N–H and O–H groups in total. The van der Waals surface area contributed by atoms with Crippen molar-refractivity contribution < 1.29 is 80.2 Å². The van der Waals surface area contributed by atoms with Crippen molar-refractivity contribution in [1.29, 1.82) is 0 Å². The Morgan fingerprint density at radius 1 is 0.348 bits per heavy atom. The van der Waals surface area contributed by atoms with Crippen molar-refractivity contribution in [2.75, 3.05) is 39.6 Å². The Bertz CT molecular complexity index is 1880. The van der Waals surface area contributed by atoms with E-state index in [4.69, 9.17) is 37.0 Å². The summed E-state index contributed by atoms with van der Waals surface area (Å²) in [6, 6.07) is 0. The van der Waals surface area contributed by atoms with Crippen LogP contribution in [-0.4, -0.2) is 96.7 Å². The molecule has 542 valence electrons. The van der Waals surface area contributed by atoms with Gasteiger partial charge in [-0.15, -0.1) is 0 Å². The van der Waals surface area contributed by atoms with Gasteiger partial charge >= 0.3 is 39.5 Å². The number of unbranched alkanes of at least 4 members (excludes halogenated alkanes) is 35. The summed E-state index contributed by atoms with van der Waals surface area (Å²) in [6.45, 7) is 9.41. The van der Waals surface area contributed by atoms with E-state index in [0.29, 0.717) is 25.7 Å². The fourth-order valence-corrected chi connectivity index (χ4v) is 12.1. The Kier molecular flexibility index (Phi) is 62.8. The van der Waals surface area contributed by atoms with Crippen LogP contribution in [0.25, 0.3) is 0 Å². The number of ether oxygens (including phenoxy) is 4. The number of rotatable bonds is 70. The van der Waals surface area contributed by atoms with E-state index >= 15 is 0 Å². The lowest BCUT2D eigenvalue weighted by Gasteiger charge is -2.21. The van der Waals surface area contributed by atoms with Crippen LogP contribution >= 0.6 is 15.6 Å². The van der Waals surface area contributed by atoms with Gasteiger partial charge in [-0.05, 0) is 63.2 Å². The first kappa shape index (κ1) is 89.5. The summed E-state index contributed by atoms with van der Waals surface area (Å²) < 4.78 is 68.3. The van der Waals surface area contributed by atoms with Crippen molar-refractivity contribution in [1.82, 2.24) is 0 Å². The molecule has 0 rings (SSSR count). The minimum absolute atomic E-state index is 0.0998. The van der Waals surface area contributed by atoms with Crippen molar-refractivity contribution in [2.24, 2.45) is 11.8 Å². The van der Waals surface area contributed by atoms with Gasteiger partial charge in [0.15, 0.2) is 12.2 Å². The van der Waals surface area contributed by atoms with Crippen molar-refractivity contribution >= 4 is 39.5 Å². The van der Waals surface area contributed by atoms with Gasteiger partial charge in [-0.25, -0.2) is 9.13 Å². The average Bonchev–Trinajstić information content (AvgIpc) is 3.74. The van der Waals surface area contributed by atoms with Crippen molar-refractivity contribution in [3.05, 3.63) is 24.3 Å². The van der Waals surface area contributed by atoms with E-state index in [0.717, 1.165) is 127 Å². The Morgan fingerprint density at radius 3 is 0.924 bits per heavy atom. The molecule has 0 aromatic carbocycles. The number of hydrogen-bond acceptors (Lipinski definition) is 15. The van der Waals surface area contributed by atoms with Crippen molar-refractivity contribution in [3.63, 3.8) is 0 Å². The van der Waals surface area contributed by atoms with Crippen LogP contribution in [0, 0.1) is 11.8 Å². The van der Waals surface area contributed by atoms with Crippen LogP contribution in [0.3, 0.4) is 0 Å². The van der Waals surface area contributed by atoms with Crippen LogP contribution < -0.4 is 0 Å². The molecule has 0 spiro atoms. The predicted molar refractivity (Wildman–Crippen MR) is 372 cm³/mol. The van der Waals surface area contributed by atoms with Crippen LogP contribution in [0.4, 0.5) is 0 Å². The number of carbonyl (C=O) groups excluding carboxylic acids is 4. The quantitative estimate of drug-likeness (QED) is 0.0169. The average molecular weight is 1350 g/mol. The minimum Gasteiger partial charge on any atom is -0.462 e. The fraction of sp³-hybridized carbons (Fsp3) is 0.890. The molecule has 0 saturated heterocycles. The first-order chi connectivity index (χ1) is 44.4. The molecule has 4 unspecified atom stereocenters. The number of phosphoric ester groups is 2. The van der Waals surface area contributed by atoms with Gasteiger partial charge in [-0.3, -0.25) is 37.3 Å². The molecule has 19 heteroatoms. The van der Waals surface area contributed by atoms with Gasteiger partial charge in [0.05, 0.1) is 26.4 Å². The van der Waals surface area contributed by atoms with E-state index in [1.165, 1.54) is 141 Å². The maximum atomic E-state index is 13.1. The molecule has 0 aliphatic carbocycles. The zero-order chi connectivity index (χ0) is 67.9. The smallest absolute Gasteiger partial charge is 0.462 e. The summed E-state index contributed by atoms with van der Waals surface area (Å²) in [4.78, 5) is 72.6. The minimum atomic E-state index is -4.96. The Hall–Kier alpha value is -2.46. The number of esters is 4. The second-order valence-corrected chi connectivity index (χ2v) is 29.0. The first-order valence-corrected chi connectivity index (χ1v) is 40.4. The van der Waals surface area contributed by atoms with Crippen LogP contribution in [0.1, 0.15) is 350 Å². The molecule has 0 aliphatic heterocycles. The van der Waals surface area contributed by atoms with Gasteiger partial charge in [0.25, 0.3) is 0 Å². The monoisotopic (exact) mass is 1350 g/mol. The van der Waals surface area contributed by atoms with Gasteiger partial charge in [0.2, 0.25) is 0 Å². The SMILES string of the molecule is CCCCCC/C=C\C=C/CCCCCCCC(=O)OC[C@H](COP(=O)(O)OC[C@@H](O)COP(=O)(O)OC[C@@H](COC(=O)CCCCCCCCC(C)CC)OC(=O)CCCCCCCCC(C)CC)OC(=O)CCCCCCCCCCCCCCCCCCC. The summed E-state index contributed by atoms with van der Waals surface area (Å²) in [5, 5.41) is 10.6. The Labute approximate surface area is 561 Å².